The van der Waals surface area contributed by atoms with Crippen LogP contribution in [0.15, 0.2) is 12.1 Å². The molecule has 0 N–H and O–H groups in total. The summed E-state index contributed by atoms with van der Waals surface area (Å²) in [6.45, 7) is 13.1. The summed E-state index contributed by atoms with van der Waals surface area (Å²) in [5, 5.41) is 0. The molecule has 0 aliphatic heterocycles. The summed E-state index contributed by atoms with van der Waals surface area (Å²) >= 11 is 1.93. The monoisotopic (exact) mass is 721 g/mol. The van der Waals surface area contributed by atoms with Crippen molar-refractivity contribution in [3.8, 4) is 0 Å². The molecule has 0 saturated heterocycles. The van der Waals surface area contributed by atoms with Crippen LogP contribution in [-0.4, -0.2) is 22.9 Å². The average Bonchev–Trinajstić information content (AvgIpc) is 3.66. The van der Waals surface area contributed by atoms with E-state index < -0.39 is 18.4 Å². The second-order valence-corrected chi connectivity index (χ2v) is 30.1. The number of fused-ring (bicyclic) bond motifs is 3. The van der Waals surface area contributed by atoms with Crippen LogP contribution in [0.25, 0.3) is 20.4 Å². The Labute approximate surface area is 273 Å². The molecular formula is C38H67NS2Sn. The van der Waals surface area contributed by atoms with Gasteiger partial charge in [-0.3, -0.25) is 0 Å². The molecule has 0 saturated carbocycles. The van der Waals surface area contributed by atoms with E-state index in [4.69, 9.17) is 0 Å². The predicted molar refractivity (Wildman–Crippen MR) is 199 cm³/mol. The van der Waals surface area contributed by atoms with E-state index in [-0.39, 0.29) is 0 Å². The molecule has 3 rings (SSSR count). The van der Waals surface area contributed by atoms with Gasteiger partial charge < -0.3 is 0 Å². The van der Waals surface area contributed by atoms with E-state index in [1.165, 1.54) is 152 Å². The van der Waals surface area contributed by atoms with Crippen LogP contribution in [0.5, 0.6) is 0 Å². The van der Waals surface area contributed by atoms with Gasteiger partial charge in [-0.15, -0.1) is 0 Å². The molecule has 0 fully saturated rings. The van der Waals surface area contributed by atoms with Crippen molar-refractivity contribution in [3.05, 3.63) is 17.0 Å². The Morgan fingerprint density at radius 1 is 0.500 bits per heavy atom. The number of rotatable bonds is 26. The van der Waals surface area contributed by atoms with E-state index in [9.17, 15) is 0 Å². The number of hydrogen-bond acceptors (Lipinski definition) is 2. The van der Waals surface area contributed by atoms with Crippen LogP contribution in [0.2, 0.25) is 13.3 Å². The van der Waals surface area contributed by atoms with Gasteiger partial charge >= 0.3 is 217 Å². The number of aryl methyl sites for hydroxylation is 2. The zero-order chi connectivity index (χ0) is 30.0. The standard InChI is InChI=1S/C26H40NS2.3C4H9.Sn/c1-3-4-5-6-7-8-9-10-11-12-13-14-15-16-17-19-27-23-18-20-28-25(23)26-24(27)21-22(2)29-26;3*1-3-4-2;/h18,21H,3-17,19H2,1-2H3;3*1,3-4H2,2H3;. The Bertz CT molecular complexity index is 1080. The Hall–Kier alpha value is -0.00130. The first kappa shape index (κ1) is 36.5. The van der Waals surface area contributed by atoms with Crippen molar-refractivity contribution in [2.75, 3.05) is 0 Å². The molecule has 3 aromatic heterocycles. The van der Waals surface area contributed by atoms with Crippen molar-refractivity contribution in [1.82, 2.24) is 4.57 Å². The van der Waals surface area contributed by atoms with Gasteiger partial charge in [0.2, 0.25) is 0 Å². The number of unbranched alkanes of at least 4 members (excludes halogenated alkanes) is 17. The van der Waals surface area contributed by atoms with Crippen LogP contribution in [0.4, 0.5) is 0 Å². The number of aromatic nitrogens is 1. The fraction of sp³-hybridized carbons (Fsp3) is 0.789. The predicted octanol–water partition coefficient (Wildman–Crippen LogP) is 14.2. The Morgan fingerprint density at radius 2 is 0.905 bits per heavy atom. The number of nitrogens with zero attached hydrogens (tertiary/aromatic N) is 1. The quantitative estimate of drug-likeness (QED) is 0.0575. The molecule has 0 radical (unpaired) electrons. The van der Waals surface area contributed by atoms with Crippen LogP contribution < -0.4 is 2.89 Å². The maximum absolute atomic E-state index is 2.77. The Balaban J connectivity index is 1.54. The van der Waals surface area contributed by atoms with Gasteiger partial charge in [0.25, 0.3) is 0 Å². The number of hydrogen-bond donors (Lipinski definition) is 0. The van der Waals surface area contributed by atoms with Crippen molar-refractivity contribution in [3.63, 3.8) is 0 Å². The molecule has 0 spiro atoms. The molecule has 0 atom stereocenters. The van der Waals surface area contributed by atoms with Gasteiger partial charge in [0, 0.05) is 0 Å². The van der Waals surface area contributed by atoms with E-state index in [1.807, 2.05) is 2.89 Å². The van der Waals surface area contributed by atoms with Crippen LogP contribution in [0.1, 0.15) is 167 Å². The van der Waals surface area contributed by atoms with E-state index in [0.29, 0.717) is 0 Å². The van der Waals surface area contributed by atoms with E-state index in [0.717, 1.165) is 0 Å². The fourth-order valence-electron chi connectivity index (χ4n) is 7.17. The molecule has 0 unspecified atom stereocenters. The second kappa shape index (κ2) is 20.9. The zero-order valence-electron chi connectivity index (χ0n) is 28.6. The molecule has 0 amide bonds. The summed E-state index contributed by atoms with van der Waals surface area (Å²) in [5.74, 6) is 0. The van der Waals surface area contributed by atoms with Gasteiger partial charge in [-0.05, 0) is 0 Å². The van der Waals surface area contributed by atoms with Gasteiger partial charge in [0.1, 0.15) is 0 Å². The minimum absolute atomic E-state index is 1.21. The SMILES string of the molecule is CCCCCCCCCCCCCCCCCn1c2cc(C)sc2c2s[c]([Sn]([CH2]CCC)([CH2]CCC)[CH2]CCC)cc21. The van der Waals surface area contributed by atoms with Gasteiger partial charge in [-0.25, -0.2) is 0 Å². The molecule has 240 valence electrons. The molecule has 42 heavy (non-hydrogen) atoms. The zero-order valence-corrected chi connectivity index (χ0v) is 33.1. The first-order valence-corrected chi connectivity index (χ1v) is 27.7. The van der Waals surface area contributed by atoms with Crippen molar-refractivity contribution in [2.45, 2.75) is 189 Å². The van der Waals surface area contributed by atoms with Crippen molar-refractivity contribution in [2.24, 2.45) is 0 Å². The van der Waals surface area contributed by atoms with Crippen LogP contribution in [0, 0.1) is 6.92 Å². The molecule has 0 aliphatic rings. The summed E-state index contributed by atoms with van der Waals surface area (Å²) < 4.78 is 12.7. The third-order valence-corrected chi connectivity index (χ3v) is 30.4. The molecule has 4 heteroatoms. The van der Waals surface area contributed by atoms with Gasteiger partial charge in [-0.1, -0.05) is 58.3 Å². The topological polar surface area (TPSA) is 4.93 Å². The van der Waals surface area contributed by atoms with Crippen molar-refractivity contribution < 1.29 is 0 Å². The minimum atomic E-state index is -2.39. The normalized spacial score (nSPS) is 12.4. The Morgan fingerprint density at radius 3 is 1.38 bits per heavy atom. The van der Waals surface area contributed by atoms with Crippen LogP contribution >= 0.6 is 22.7 Å². The Kier molecular flexibility index (Phi) is 18.2. The van der Waals surface area contributed by atoms with Gasteiger partial charge in [0.15, 0.2) is 0 Å². The molecular weight excluding hydrogens is 653 g/mol. The van der Waals surface area contributed by atoms with E-state index in [1.54, 1.807) is 28.2 Å². The second-order valence-electron chi connectivity index (χ2n) is 13.6. The molecule has 3 aromatic rings. The molecule has 1 nitrogen and oxygen atoms in total. The summed E-state index contributed by atoms with van der Waals surface area (Å²) in [7, 11) is 0. The average molecular weight is 721 g/mol. The molecule has 0 aliphatic carbocycles. The van der Waals surface area contributed by atoms with Gasteiger partial charge in [0.05, 0.1) is 0 Å². The first-order valence-electron chi connectivity index (χ1n) is 18.6. The van der Waals surface area contributed by atoms with Gasteiger partial charge in [-0.2, -0.15) is 0 Å². The van der Waals surface area contributed by atoms with E-state index in [2.05, 4.69) is 74.0 Å². The fourth-order valence-corrected chi connectivity index (χ4v) is 28.6. The van der Waals surface area contributed by atoms with E-state index >= 15 is 0 Å². The summed E-state index contributed by atoms with van der Waals surface area (Å²) in [4.78, 5) is 1.49. The van der Waals surface area contributed by atoms with Crippen molar-refractivity contribution in [1.29, 1.82) is 0 Å². The first-order chi connectivity index (χ1) is 20.6. The molecule has 0 aromatic carbocycles. The summed E-state index contributed by atoms with van der Waals surface area (Å²) in [5.41, 5.74) is 3.14. The summed E-state index contributed by atoms with van der Waals surface area (Å²) in [6.07, 6.45) is 30.0. The maximum atomic E-state index is 2.77. The number of thiophene rings is 2. The van der Waals surface area contributed by atoms with Crippen molar-refractivity contribution >= 4 is 64.4 Å². The summed E-state index contributed by atoms with van der Waals surface area (Å²) in [6, 6.07) is 5.25. The third kappa shape index (κ3) is 11.1. The van der Waals surface area contributed by atoms with Crippen LogP contribution in [0.3, 0.4) is 0 Å². The molecule has 0 bridgehead atoms. The molecule has 3 heterocycles. The third-order valence-electron chi connectivity index (χ3n) is 9.87. The van der Waals surface area contributed by atoms with Crippen LogP contribution in [-0.2, 0) is 6.54 Å².